The molecule has 2 aromatic carbocycles. The molecule has 0 bridgehead atoms. The molecule has 0 radical (unpaired) electrons. The van der Waals surface area contributed by atoms with Crippen LogP contribution in [0.5, 0.6) is 0 Å². The Hall–Kier alpha value is -2.44. The van der Waals surface area contributed by atoms with Gasteiger partial charge in [-0.1, -0.05) is 67.6 Å². The lowest BCUT2D eigenvalue weighted by atomic mass is 9.97. The summed E-state index contributed by atoms with van der Waals surface area (Å²) < 4.78 is 26.5. The summed E-state index contributed by atoms with van der Waals surface area (Å²) in [6.45, 7) is 3.56. The molecule has 0 aliphatic carbocycles. The molecule has 0 spiro atoms. The molecule has 5 nitrogen and oxygen atoms in total. The molecule has 1 heterocycles. The van der Waals surface area contributed by atoms with Gasteiger partial charge in [0.15, 0.2) is 0 Å². The van der Waals surface area contributed by atoms with Gasteiger partial charge >= 0.3 is 0 Å². The van der Waals surface area contributed by atoms with Crippen molar-refractivity contribution in [3.05, 3.63) is 77.2 Å². The predicted molar refractivity (Wildman–Crippen MR) is 112 cm³/mol. The average Bonchev–Trinajstić information content (AvgIpc) is 2.74. The Morgan fingerprint density at radius 1 is 0.964 bits per heavy atom. The van der Waals surface area contributed by atoms with Crippen molar-refractivity contribution in [2.24, 2.45) is 0 Å². The maximum atomic E-state index is 12.6. The Balaban J connectivity index is 1.53. The number of hydrogen-bond donors (Lipinski definition) is 0. The number of rotatable bonds is 6. The van der Waals surface area contributed by atoms with E-state index in [9.17, 15) is 13.2 Å². The van der Waals surface area contributed by atoms with Gasteiger partial charge in [0.25, 0.3) is 0 Å². The van der Waals surface area contributed by atoms with Crippen LogP contribution < -0.4 is 0 Å². The number of piperazine rings is 1. The van der Waals surface area contributed by atoms with E-state index >= 15 is 0 Å². The van der Waals surface area contributed by atoms with E-state index in [1.54, 1.807) is 11.0 Å². The van der Waals surface area contributed by atoms with Crippen LogP contribution in [0.2, 0.25) is 0 Å². The highest BCUT2D eigenvalue weighted by Gasteiger charge is 2.27. The summed E-state index contributed by atoms with van der Waals surface area (Å²) in [4.78, 5) is 14.4. The van der Waals surface area contributed by atoms with Crippen LogP contribution in [0.25, 0.3) is 6.08 Å². The van der Waals surface area contributed by atoms with Crippen molar-refractivity contribution in [3.63, 3.8) is 0 Å². The first-order chi connectivity index (χ1) is 13.5. The molecule has 3 rings (SSSR count). The van der Waals surface area contributed by atoms with E-state index in [2.05, 4.69) is 0 Å². The first-order valence-electron chi connectivity index (χ1n) is 9.52. The summed E-state index contributed by atoms with van der Waals surface area (Å²) >= 11 is 0. The molecule has 1 fully saturated rings. The van der Waals surface area contributed by atoms with Gasteiger partial charge in [0.2, 0.25) is 15.9 Å². The number of sulfonamides is 1. The van der Waals surface area contributed by atoms with Gasteiger partial charge in [-0.3, -0.25) is 4.79 Å². The minimum atomic E-state index is -3.48. The van der Waals surface area contributed by atoms with Crippen LogP contribution in [-0.4, -0.2) is 49.7 Å². The zero-order valence-electron chi connectivity index (χ0n) is 16.1. The third-order valence-corrected chi connectivity index (χ3v) is 6.60. The first kappa shape index (κ1) is 20.3. The van der Waals surface area contributed by atoms with Crippen molar-refractivity contribution in [2.75, 3.05) is 26.2 Å². The van der Waals surface area contributed by atoms with Crippen molar-refractivity contribution in [1.29, 1.82) is 0 Å². The van der Waals surface area contributed by atoms with Crippen LogP contribution in [0.1, 0.15) is 30.4 Å². The van der Waals surface area contributed by atoms with Crippen molar-refractivity contribution in [3.8, 4) is 0 Å². The quantitative estimate of drug-likeness (QED) is 0.750. The second-order valence-corrected chi connectivity index (χ2v) is 8.87. The van der Waals surface area contributed by atoms with Crippen LogP contribution in [0.4, 0.5) is 0 Å². The third-order valence-electron chi connectivity index (χ3n) is 5.03. The highest BCUT2D eigenvalue weighted by Crippen LogP contribution is 2.20. The van der Waals surface area contributed by atoms with E-state index in [0.29, 0.717) is 32.6 Å². The fourth-order valence-electron chi connectivity index (χ4n) is 3.30. The minimum absolute atomic E-state index is 0.0771. The molecule has 148 valence electrons. The summed E-state index contributed by atoms with van der Waals surface area (Å²) in [7, 11) is -3.48. The minimum Gasteiger partial charge on any atom is -0.340 e. The van der Waals surface area contributed by atoms with Gasteiger partial charge in [-0.05, 0) is 23.1 Å². The summed E-state index contributed by atoms with van der Waals surface area (Å²) in [5.74, 6) is 0.220. The normalized spacial score (nSPS) is 17.0. The van der Waals surface area contributed by atoms with Gasteiger partial charge in [0, 0.05) is 38.0 Å². The Kier molecular flexibility index (Phi) is 6.65. The number of amides is 1. The van der Waals surface area contributed by atoms with Gasteiger partial charge in [0.05, 0.1) is 0 Å². The van der Waals surface area contributed by atoms with E-state index in [0.717, 1.165) is 11.1 Å². The van der Waals surface area contributed by atoms with Crippen LogP contribution in [0.15, 0.2) is 66.1 Å². The molecule has 1 aliphatic heterocycles. The fraction of sp³-hybridized carbons (Fsp3) is 0.318. The molecule has 1 saturated heterocycles. The number of hydrogen-bond acceptors (Lipinski definition) is 3. The number of carbonyl (C=O) groups excluding carboxylic acids is 1. The van der Waals surface area contributed by atoms with Gasteiger partial charge in [-0.2, -0.15) is 4.31 Å². The molecule has 1 atom stereocenters. The molecule has 0 N–H and O–H groups in total. The van der Waals surface area contributed by atoms with E-state index in [1.165, 1.54) is 9.71 Å². The van der Waals surface area contributed by atoms with Crippen LogP contribution >= 0.6 is 0 Å². The SMILES string of the molecule is C[C@H](CC(=O)N1CCN(S(=O)(=O)/C=C/c2ccccc2)CC1)c1ccccc1. The largest absolute Gasteiger partial charge is 0.340 e. The molecule has 0 unspecified atom stereocenters. The van der Waals surface area contributed by atoms with Gasteiger partial charge < -0.3 is 4.90 Å². The average molecular weight is 399 g/mol. The Labute approximate surface area is 167 Å². The molecule has 2 aromatic rings. The molecule has 28 heavy (non-hydrogen) atoms. The van der Waals surface area contributed by atoms with E-state index in [-0.39, 0.29) is 11.8 Å². The Bertz CT molecular complexity index is 903. The summed E-state index contributed by atoms with van der Waals surface area (Å²) in [5, 5.41) is 1.25. The molecular weight excluding hydrogens is 372 g/mol. The lowest BCUT2D eigenvalue weighted by Crippen LogP contribution is -2.50. The van der Waals surface area contributed by atoms with Crippen molar-refractivity contribution >= 4 is 22.0 Å². The van der Waals surface area contributed by atoms with Crippen molar-refractivity contribution < 1.29 is 13.2 Å². The fourth-order valence-corrected chi connectivity index (χ4v) is 4.47. The predicted octanol–water partition coefficient (Wildman–Crippen LogP) is 3.33. The lowest BCUT2D eigenvalue weighted by Gasteiger charge is -2.34. The number of benzene rings is 2. The maximum absolute atomic E-state index is 12.6. The summed E-state index contributed by atoms with van der Waals surface area (Å²) in [5.41, 5.74) is 1.98. The molecule has 0 aromatic heterocycles. The Morgan fingerprint density at radius 2 is 1.54 bits per heavy atom. The van der Waals surface area contributed by atoms with Gasteiger partial charge in [0.1, 0.15) is 0 Å². The van der Waals surface area contributed by atoms with E-state index < -0.39 is 10.0 Å². The van der Waals surface area contributed by atoms with Crippen LogP contribution in [-0.2, 0) is 14.8 Å². The topological polar surface area (TPSA) is 57.7 Å². The molecule has 1 amide bonds. The highest BCUT2D eigenvalue weighted by atomic mass is 32.2. The van der Waals surface area contributed by atoms with E-state index in [4.69, 9.17) is 0 Å². The number of carbonyl (C=O) groups is 1. The maximum Gasteiger partial charge on any atom is 0.236 e. The standard InChI is InChI=1S/C22H26N2O3S/c1-19(21-10-6-3-7-11-21)18-22(25)23-13-15-24(16-14-23)28(26,27)17-12-20-8-4-2-5-9-20/h2-12,17,19H,13-16,18H2,1H3/b17-12+/t19-/m1/s1. The van der Waals surface area contributed by atoms with Crippen LogP contribution in [0.3, 0.4) is 0 Å². The number of nitrogens with zero attached hydrogens (tertiary/aromatic N) is 2. The zero-order chi connectivity index (χ0) is 20.0. The van der Waals surface area contributed by atoms with Gasteiger partial charge in [-0.25, -0.2) is 8.42 Å². The molecule has 6 heteroatoms. The smallest absolute Gasteiger partial charge is 0.236 e. The highest BCUT2D eigenvalue weighted by molar-refractivity contribution is 7.92. The third kappa shape index (κ3) is 5.30. The molecule has 1 aliphatic rings. The van der Waals surface area contributed by atoms with Crippen LogP contribution in [0, 0.1) is 0 Å². The zero-order valence-corrected chi connectivity index (χ0v) is 16.9. The summed E-state index contributed by atoms with van der Waals surface area (Å²) in [6, 6.07) is 19.3. The van der Waals surface area contributed by atoms with Crippen molar-refractivity contribution in [2.45, 2.75) is 19.3 Å². The lowest BCUT2D eigenvalue weighted by molar-refractivity contribution is -0.132. The van der Waals surface area contributed by atoms with Gasteiger partial charge in [-0.15, -0.1) is 0 Å². The first-order valence-corrected chi connectivity index (χ1v) is 11.0. The van der Waals surface area contributed by atoms with E-state index in [1.807, 2.05) is 67.6 Å². The molecule has 0 saturated carbocycles. The van der Waals surface area contributed by atoms with Crippen molar-refractivity contribution in [1.82, 2.24) is 9.21 Å². The Morgan fingerprint density at radius 3 is 2.14 bits per heavy atom. The molecular formula is C22H26N2O3S. The second kappa shape index (κ2) is 9.17. The second-order valence-electron chi connectivity index (χ2n) is 7.05. The monoisotopic (exact) mass is 398 g/mol. The summed E-state index contributed by atoms with van der Waals surface area (Å²) in [6.07, 6.45) is 2.04.